The van der Waals surface area contributed by atoms with Crippen molar-refractivity contribution in [2.45, 2.75) is 13.0 Å². The molecule has 0 spiro atoms. The number of aromatic nitrogens is 2. The molecule has 126 valence electrons. The van der Waals surface area contributed by atoms with Gasteiger partial charge in [-0.05, 0) is 13.0 Å². The normalized spacial score (nSPS) is 11.6. The molecule has 0 saturated carbocycles. The van der Waals surface area contributed by atoms with Crippen molar-refractivity contribution in [3.05, 3.63) is 51.3 Å². The first-order chi connectivity index (χ1) is 11.3. The smallest absolute Gasteiger partial charge is 0.342 e. The predicted octanol–water partition coefficient (Wildman–Crippen LogP) is 2.17. The zero-order valence-electron chi connectivity index (χ0n) is 12.7. The van der Waals surface area contributed by atoms with Crippen LogP contribution in [0.2, 0.25) is 5.02 Å². The number of non-ortho nitro benzene ring substituents is 1. The molecule has 2 rings (SSSR count). The molecule has 0 fully saturated rings. The zero-order valence-corrected chi connectivity index (χ0v) is 13.5. The van der Waals surface area contributed by atoms with Crippen molar-refractivity contribution < 1.29 is 19.2 Å². The van der Waals surface area contributed by atoms with Gasteiger partial charge in [-0.15, -0.1) is 0 Å². The number of ether oxygens (including phenoxy) is 1. The first-order valence-electron chi connectivity index (χ1n) is 6.72. The van der Waals surface area contributed by atoms with E-state index in [4.69, 9.17) is 16.3 Å². The third kappa shape index (κ3) is 4.07. The van der Waals surface area contributed by atoms with Crippen molar-refractivity contribution >= 4 is 34.9 Å². The lowest BCUT2D eigenvalue weighted by Gasteiger charge is -2.13. The Morgan fingerprint density at radius 1 is 1.46 bits per heavy atom. The third-order valence-electron chi connectivity index (χ3n) is 3.01. The molecule has 0 saturated heterocycles. The van der Waals surface area contributed by atoms with E-state index in [1.54, 1.807) is 7.05 Å². The molecule has 1 heterocycles. The maximum Gasteiger partial charge on any atom is 0.342 e. The van der Waals surface area contributed by atoms with E-state index in [-0.39, 0.29) is 22.0 Å². The molecule has 0 radical (unpaired) electrons. The second-order valence-electron chi connectivity index (χ2n) is 4.86. The highest BCUT2D eigenvalue weighted by molar-refractivity contribution is 6.34. The van der Waals surface area contributed by atoms with Crippen molar-refractivity contribution in [3.63, 3.8) is 0 Å². The number of nitro groups is 1. The Labute approximate surface area is 141 Å². The van der Waals surface area contributed by atoms with Crippen LogP contribution in [0.1, 0.15) is 17.3 Å². The molecule has 1 N–H and O–H groups in total. The lowest BCUT2D eigenvalue weighted by Crippen LogP contribution is -2.30. The Kier molecular flexibility index (Phi) is 5.14. The quantitative estimate of drug-likeness (QED) is 0.500. The molecular weight excluding hydrogens is 340 g/mol. The molecule has 1 aromatic carbocycles. The van der Waals surface area contributed by atoms with Crippen LogP contribution >= 0.6 is 11.6 Å². The Morgan fingerprint density at radius 2 is 2.17 bits per heavy atom. The molecule has 9 nitrogen and oxygen atoms in total. The van der Waals surface area contributed by atoms with Crippen molar-refractivity contribution in [1.29, 1.82) is 0 Å². The van der Waals surface area contributed by atoms with Crippen molar-refractivity contribution in [1.82, 2.24) is 9.78 Å². The molecule has 2 aromatic rings. The van der Waals surface area contributed by atoms with Gasteiger partial charge in [-0.25, -0.2) is 4.79 Å². The number of anilines is 1. The van der Waals surface area contributed by atoms with Crippen LogP contribution in [0.15, 0.2) is 30.6 Å². The maximum absolute atomic E-state index is 12.1. The minimum atomic E-state index is -1.09. The molecule has 0 aliphatic rings. The Balaban J connectivity index is 2.01. The van der Waals surface area contributed by atoms with Gasteiger partial charge in [0, 0.05) is 25.4 Å². The van der Waals surface area contributed by atoms with Crippen molar-refractivity contribution in [2.24, 2.45) is 7.05 Å². The molecule has 0 aliphatic heterocycles. The highest BCUT2D eigenvalue weighted by Gasteiger charge is 2.21. The summed E-state index contributed by atoms with van der Waals surface area (Å²) in [6, 6.07) is 3.62. The van der Waals surface area contributed by atoms with E-state index in [1.807, 2.05) is 0 Å². The van der Waals surface area contributed by atoms with Gasteiger partial charge in [-0.2, -0.15) is 5.10 Å². The molecule has 1 atom stereocenters. The SMILES string of the molecule is CC(OC(=O)c1cnn(C)c1)C(=O)Nc1ccc([N+](=O)[O-])cc1Cl. The van der Waals surface area contributed by atoms with Crippen LogP contribution in [0, 0.1) is 10.1 Å². The summed E-state index contributed by atoms with van der Waals surface area (Å²) in [7, 11) is 1.64. The molecule has 1 unspecified atom stereocenters. The standard InChI is InChI=1S/C14H13ClN4O5/c1-8(24-14(21)9-6-16-18(2)7-9)13(20)17-12-4-3-10(19(22)23)5-11(12)15/h3-8H,1-2H3,(H,17,20). The zero-order chi connectivity index (χ0) is 17.9. The highest BCUT2D eigenvalue weighted by Crippen LogP contribution is 2.26. The molecule has 0 aliphatic carbocycles. The fourth-order valence-electron chi connectivity index (χ4n) is 1.76. The van der Waals surface area contributed by atoms with Crippen molar-refractivity contribution in [2.75, 3.05) is 5.32 Å². The molecule has 0 bridgehead atoms. The number of nitro benzene ring substituents is 1. The minimum absolute atomic E-state index is 0.00309. The molecule has 10 heteroatoms. The van der Waals surface area contributed by atoms with E-state index in [1.165, 1.54) is 36.1 Å². The Bertz CT molecular complexity index is 804. The van der Waals surface area contributed by atoms with Crippen LogP contribution in [-0.4, -0.2) is 32.7 Å². The number of hydrogen-bond donors (Lipinski definition) is 1. The summed E-state index contributed by atoms with van der Waals surface area (Å²) in [5, 5.41) is 16.9. The number of halogens is 1. The first kappa shape index (κ1) is 17.4. The van der Waals surface area contributed by atoms with Gasteiger partial charge >= 0.3 is 5.97 Å². The lowest BCUT2D eigenvalue weighted by molar-refractivity contribution is -0.384. The number of carbonyl (C=O) groups excluding carboxylic acids is 2. The fraction of sp³-hybridized carbons (Fsp3) is 0.214. The van der Waals surface area contributed by atoms with Crippen molar-refractivity contribution in [3.8, 4) is 0 Å². The van der Waals surface area contributed by atoms with Crippen LogP contribution < -0.4 is 5.32 Å². The summed E-state index contributed by atoms with van der Waals surface area (Å²) in [6.45, 7) is 1.39. The van der Waals surface area contributed by atoms with E-state index in [2.05, 4.69) is 10.4 Å². The number of rotatable bonds is 5. The van der Waals surface area contributed by atoms with Gasteiger partial charge in [0.05, 0.1) is 27.4 Å². The highest BCUT2D eigenvalue weighted by atomic mass is 35.5. The second kappa shape index (κ2) is 7.09. The fourth-order valence-corrected chi connectivity index (χ4v) is 1.98. The number of carbonyl (C=O) groups is 2. The van der Waals surface area contributed by atoms with Gasteiger partial charge in [0.15, 0.2) is 6.10 Å². The number of nitrogens with zero attached hydrogens (tertiary/aromatic N) is 3. The van der Waals surface area contributed by atoms with E-state index in [0.717, 1.165) is 6.07 Å². The van der Waals surface area contributed by atoms with E-state index >= 15 is 0 Å². The summed E-state index contributed by atoms with van der Waals surface area (Å²) >= 11 is 5.89. The summed E-state index contributed by atoms with van der Waals surface area (Å²) < 4.78 is 6.46. The van der Waals surface area contributed by atoms with Gasteiger partial charge in [0.1, 0.15) is 0 Å². The Hall–Kier alpha value is -2.94. The van der Waals surface area contributed by atoms with Crippen LogP contribution in [0.3, 0.4) is 0 Å². The minimum Gasteiger partial charge on any atom is -0.449 e. The van der Waals surface area contributed by atoms with Crippen LogP contribution in [0.25, 0.3) is 0 Å². The Morgan fingerprint density at radius 3 is 2.71 bits per heavy atom. The topological polar surface area (TPSA) is 116 Å². The van der Waals surface area contributed by atoms with E-state index in [9.17, 15) is 19.7 Å². The summed E-state index contributed by atoms with van der Waals surface area (Å²) in [6.07, 6.45) is 1.68. The van der Waals surface area contributed by atoms with Gasteiger partial charge in [-0.3, -0.25) is 19.6 Å². The maximum atomic E-state index is 12.1. The van der Waals surface area contributed by atoms with Gasteiger partial charge in [-0.1, -0.05) is 11.6 Å². The number of esters is 1. The number of hydrogen-bond acceptors (Lipinski definition) is 6. The molecule has 1 aromatic heterocycles. The lowest BCUT2D eigenvalue weighted by atomic mass is 10.2. The van der Waals surface area contributed by atoms with Gasteiger partial charge in [0.25, 0.3) is 11.6 Å². The summed E-state index contributed by atoms with van der Waals surface area (Å²) in [5.41, 5.74) is 0.191. The molecular formula is C14H13ClN4O5. The first-order valence-corrected chi connectivity index (χ1v) is 7.10. The largest absolute Gasteiger partial charge is 0.449 e. The molecule has 1 amide bonds. The number of benzene rings is 1. The van der Waals surface area contributed by atoms with Gasteiger partial charge in [0.2, 0.25) is 0 Å². The number of amides is 1. The van der Waals surface area contributed by atoms with Crippen LogP contribution in [0.5, 0.6) is 0 Å². The van der Waals surface area contributed by atoms with E-state index < -0.39 is 22.9 Å². The average Bonchev–Trinajstić information content (AvgIpc) is 2.95. The van der Waals surface area contributed by atoms with Crippen LogP contribution in [0.4, 0.5) is 11.4 Å². The number of nitrogens with one attached hydrogen (secondary N) is 1. The van der Waals surface area contributed by atoms with Gasteiger partial charge < -0.3 is 10.1 Å². The van der Waals surface area contributed by atoms with E-state index in [0.29, 0.717) is 0 Å². The third-order valence-corrected chi connectivity index (χ3v) is 3.33. The second-order valence-corrected chi connectivity index (χ2v) is 5.27. The summed E-state index contributed by atoms with van der Waals surface area (Å²) in [5.74, 6) is -1.32. The number of aryl methyl sites for hydroxylation is 1. The predicted molar refractivity (Wildman–Crippen MR) is 84.8 cm³/mol. The van der Waals surface area contributed by atoms with Crippen LogP contribution in [-0.2, 0) is 16.6 Å². The average molecular weight is 353 g/mol. The molecule has 24 heavy (non-hydrogen) atoms. The summed E-state index contributed by atoms with van der Waals surface area (Å²) in [4.78, 5) is 34.0. The monoisotopic (exact) mass is 352 g/mol.